The lowest BCUT2D eigenvalue weighted by Crippen LogP contribution is -2.29. The monoisotopic (exact) mass is 244 g/mol. The van der Waals surface area contributed by atoms with Crippen LogP contribution in [-0.4, -0.2) is 33.3 Å². The summed E-state index contributed by atoms with van der Waals surface area (Å²) in [5.41, 5.74) is -0.866. The third-order valence-electron chi connectivity index (χ3n) is 1.78. The number of hydrogen-bond acceptors (Lipinski definition) is 4. The fraction of sp³-hybridized carbons (Fsp3) is 0.400. The molecule has 6 heteroatoms. The molecule has 0 aliphatic rings. The lowest BCUT2D eigenvalue weighted by Gasteiger charge is -2.18. The van der Waals surface area contributed by atoms with E-state index in [-0.39, 0.29) is 17.1 Å². The molecule has 0 saturated carbocycles. The molecular weight excluding hydrogens is 232 g/mol. The molecule has 88 valence electrons. The molecule has 0 bridgehead atoms. The summed E-state index contributed by atoms with van der Waals surface area (Å²) in [7, 11) is 0. The Morgan fingerprint density at radius 3 is 2.69 bits per heavy atom. The predicted octanol–water partition coefficient (Wildman–Crippen LogP) is 1.62. The normalized spacial score (nSPS) is 11.2. The van der Waals surface area contributed by atoms with Crippen molar-refractivity contribution in [2.24, 2.45) is 0 Å². The average Bonchev–Trinajstić information content (AvgIpc) is 2.14. The van der Waals surface area contributed by atoms with E-state index in [2.05, 4.69) is 10.3 Å². The first-order chi connectivity index (χ1) is 7.29. The molecule has 0 atom stereocenters. The van der Waals surface area contributed by atoms with Crippen molar-refractivity contribution in [1.82, 2.24) is 4.98 Å². The third-order valence-corrected chi connectivity index (χ3v) is 2.06. The number of nitrogens with one attached hydrogen (secondary N) is 1. The SMILES string of the molecule is CC(C)(O)CNc1ncc(C(=O)O)cc1Cl. The maximum absolute atomic E-state index is 10.6. The number of carboxylic acids is 1. The van der Waals surface area contributed by atoms with Crippen LogP contribution in [0.3, 0.4) is 0 Å². The van der Waals surface area contributed by atoms with E-state index >= 15 is 0 Å². The van der Waals surface area contributed by atoms with Gasteiger partial charge in [-0.15, -0.1) is 0 Å². The van der Waals surface area contributed by atoms with Gasteiger partial charge in [0.2, 0.25) is 0 Å². The molecule has 0 unspecified atom stereocenters. The smallest absolute Gasteiger partial charge is 0.337 e. The highest BCUT2D eigenvalue weighted by Gasteiger charge is 2.14. The Kier molecular flexibility index (Phi) is 3.72. The second-order valence-electron chi connectivity index (χ2n) is 4.03. The minimum absolute atomic E-state index is 0.0267. The molecule has 1 aromatic heterocycles. The molecule has 5 nitrogen and oxygen atoms in total. The van der Waals surface area contributed by atoms with E-state index in [0.29, 0.717) is 5.82 Å². The highest BCUT2D eigenvalue weighted by Crippen LogP contribution is 2.20. The van der Waals surface area contributed by atoms with Crippen LogP contribution in [0.4, 0.5) is 5.82 Å². The summed E-state index contributed by atoms with van der Waals surface area (Å²) >= 11 is 5.83. The van der Waals surface area contributed by atoms with E-state index in [1.165, 1.54) is 12.3 Å². The molecule has 0 aliphatic carbocycles. The molecule has 0 aromatic carbocycles. The molecule has 0 spiro atoms. The first-order valence-corrected chi connectivity index (χ1v) is 5.02. The van der Waals surface area contributed by atoms with Gasteiger partial charge in [-0.25, -0.2) is 9.78 Å². The molecular formula is C10H13ClN2O3. The first-order valence-electron chi connectivity index (χ1n) is 4.65. The summed E-state index contributed by atoms with van der Waals surface area (Å²) in [5.74, 6) is -0.725. The number of aromatic carboxylic acids is 1. The summed E-state index contributed by atoms with van der Waals surface area (Å²) in [6, 6.07) is 1.31. The van der Waals surface area contributed by atoms with Gasteiger partial charge in [0.05, 0.1) is 16.2 Å². The first kappa shape index (κ1) is 12.7. The Morgan fingerprint density at radius 1 is 1.62 bits per heavy atom. The molecule has 1 aromatic rings. The molecule has 0 fully saturated rings. The van der Waals surface area contributed by atoms with Gasteiger partial charge < -0.3 is 15.5 Å². The zero-order valence-corrected chi connectivity index (χ0v) is 9.75. The van der Waals surface area contributed by atoms with Gasteiger partial charge in [0.15, 0.2) is 0 Å². The van der Waals surface area contributed by atoms with Crippen molar-refractivity contribution in [1.29, 1.82) is 0 Å². The van der Waals surface area contributed by atoms with Crippen LogP contribution in [0.15, 0.2) is 12.3 Å². The van der Waals surface area contributed by atoms with Crippen molar-refractivity contribution in [3.8, 4) is 0 Å². The maximum Gasteiger partial charge on any atom is 0.337 e. The maximum atomic E-state index is 10.6. The van der Waals surface area contributed by atoms with Crippen LogP contribution >= 0.6 is 11.6 Å². The number of rotatable bonds is 4. The Labute approximate surface area is 98.1 Å². The zero-order valence-electron chi connectivity index (χ0n) is 8.99. The number of halogens is 1. The number of carbonyl (C=O) groups is 1. The van der Waals surface area contributed by atoms with Gasteiger partial charge in [0.25, 0.3) is 0 Å². The molecule has 16 heavy (non-hydrogen) atoms. The van der Waals surface area contributed by atoms with Gasteiger partial charge in [-0.1, -0.05) is 11.6 Å². The topological polar surface area (TPSA) is 82.5 Å². The minimum atomic E-state index is -1.08. The van der Waals surface area contributed by atoms with Crippen molar-refractivity contribution >= 4 is 23.4 Å². The molecule has 3 N–H and O–H groups in total. The molecule has 0 saturated heterocycles. The predicted molar refractivity (Wildman–Crippen MR) is 61.0 cm³/mol. The van der Waals surface area contributed by atoms with Gasteiger partial charge in [-0.3, -0.25) is 0 Å². The number of nitrogens with zero attached hydrogens (tertiary/aromatic N) is 1. The van der Waals surface area contributed by atoms with Crippen LogP contribution < -0.4 is 5.32 Å². The second kappa shape index (κ2) is 4.67. The van der Waals surface area contributed by atoms with E-state index in [1.54, 1.807) is 13.8 Å². The highest BCUT2D eigenvalue weighted by atomic mass is 35.5. The quantitative estimate of drug-likeness (QED) is 0.750. The van der Waals surface area contributed by atoms with Crippen molar-refractivity contribution < 1.29 is 15.0 Å². The third kappa shape index (κ3) is 3.67. The summed E-state index contributed by atoms with van der Waals surface area (Å²) in [6.45, 7) is 3.55. The standard InChI is InChI=1S/C10H13ClN2O3/c1-10(2,16)5-13-8-7(11)3-6(4-12-8)9(14)15/h3-4,16H,5H2,1-2H3,(H,12,13)(H,14,15). The molecule has 0 amide bonds. The minimum Gasteiger partial charge on any atom is -0.478 e. The van der Waals surface area contributed by atoms with E-state index < -0.39 is 11.6 Å². The number of carboxylic acid groups (broad SMARTS) is 1. The Hall–Kier alpha value is -1.33. The van der Waals surface area contributed by atoms with Crippen LogP contribution in [0.5, 0.6) is 0 Å². The van der Waals surface area contributed by atoms with E-state index in [0.717, 1.165) is 0 Å². The van der Waals surface area contributed by atoms with Crippen molar-refractivity contribution in [2.75, 3.05) is 11.9 Å². The number of aliphatic hydroxyl groups is 1. The molecule has 1 heterocycles. The Bertz CT molecular complexity index is 402. The zero-order chi connectivity index (χ0) is 12.3. The molecule has 0 radical (unpaired) electrons. The summed E-state index contributed by atoms with van der Waals surface area (Å²) < 4.78 is 0. The largest absolute Gasteiger partial charge is 0.478 e. The summed E-state index contributed by atoms with van der Waals surface area (Å²) in [4.78, 5) is 14.5. The van der Waals surface area contributed by atoms with Crippen molar-refractivity contribution in [3.63, 3.8) is 0 Å². The van der Waals surface area contributed by atoms with Gasteiger partial charge in [-0.2, -0.15) is 0 Å². The highest BCUT2D eigenvalue weighted by molar-refractivity contribution is 6.33. The number of aromatic nitrogens is 1. The fourth-order valence-corrected chi connectivity index (χ4v) is 1.22. The van der Waals surface area contributed by atoms with Crippen LogP contribution in [-0.2, 0) is 0 Å². The van der Waals surface area contributed by atoms with E-state index in [4.69, 9.17) is 16.7 Å². The summed E-state index contributed by atoms with van der Waals surface area (Å²) in [6.07, 6.45) is 1.21. The van der Waals surface area contributed by atoms with E-state index in [1.807, 2.05) is 0 Å². The Morgan fingerprint density at radius 2 is 2.25 bits per heavy atom. The van der Waals surface area contributed by atoms with Crippen LogP contribution in [0.25, 0.3) is 0 Å². The number of hydrogen-bond donors (Lipinski definition) is 3. The van der Waals surface area contributed by atoms with Crippen LogP contribution in [0.2, 0.25) is 5.02 Å². The van der Waals surface area contributed by atoms with Gasteiger partial charge in [-0.05, 0) is 19.9 Å². The van der Waals surface area contributed by atoms with Crippen molar-refractivity contribution in [3.05, 3.63) is 22.8 Å². The number of anilines is 1. The Balaban J connectivity index is 2.80. The summed E-state index contributed by atoms with van der Waals surface area (Å²) in [5, 5.41) is 21.2. The van der Waals surface area contributed by atoms with Gasteiger partial charge in [0, 0.05) is 12.7 Å². The molecule has 0 aliphatic heterocycles. The lowest BCUT2D eigenvalue weighted by atomic mass is 10.1. The van der Waals surface area contributed by atoms with Crippen LogP contribution in [0, 0.1) is 0 Å². The average molecular weight is 245 g/mol. The molecule has 1 rings (SSSR count). The van der Waals surface area contributed by atoms with Gasteiger partial charge in [0.1, 0.15) is 5.82 Å². The fourth-order valence-electron chi connectivity index (χ4n) is 0.985. The van der Waals surface area contributed by atoms with Crippen LogP contribution in [0.1, 0.15) is 24.2 Å². The van der Waals surface area contributed by atoms with E-state index in [9.17, 15) is 9.90 Å². The number of pyridine rings is 1. The second-order valence-corrected chi connectivity index (χ2v) is 4.43. The van der Waals surface area contributed by atoms with Gasteiger partial charge >= 0.3 is 5.97 Å². The van der Waals surface area contributed by atoms with Crippen molar-refractivity contribution in [2.45, 2.75) is 19.4 Å². The lowest BCUT2D eigenvalue weighted by molar-refractivity contribution is 0.0696.